The van der Waals surface area contributed by atoms with Crippen LogP contribution in [0.1, 0.15) is 56.2 Å². The Bertz CT molecular complexity index is 431. The number of thiazole rings is 1. The normalized spacial score (nSPS) is 32.4. The van der Waals surface area contributed by atoms with Crippen LogP contribution in [0.15, 0.2) is 0 Å². The molecule has 1 aliphatic carbocycles. The molecule has 1 saturated heterocycles. The smallest absolute Gasteiger partial charge is 0.186 e. The summed E-state index contributed by atoms with van der Waals surface area (Å²) < 4.78 is 0. The summed E-state index contributed by atoms with van der Waals surface area (Å²) in [4.78, 5) is 8.50. The Morgan fingerprint density at radius 3 is 2.89 bits per heavy atom. The molecule has 3 unspecified atom stereocenters. The minimum Gasteiger partial charge on any atom is -0.387 e. The molecule has 1 aromatic heterocycles. The molecule has 0 bridgehead atoms. The van der Waals surface area contributed by atoms with E-state index >= 15 is 0 Å². The molecule has 0 radical (unpaired) electrons. The van der Waals surface area contributed by atoms with Gasteiger partial charge in [-0.15, -0.1) is 11.3 Å². The van der Waals surface area contributed by atoms with Gasteiger partial charge in [0.25, 0.3) is 0 Å². The van der Waals surface area contributed by atoms with Crippen molar-refractivity contribution in [2.45, 2.75) is 58.1 Å². The molecule has 1 N–H and O–H groups in total. The van der Waals surface area contributed by atoms with Crippen molar-refractivity contribution in [2.75, 3.05) is 11.4 Å². The van der Waals surface area contributed by atoms with E-state index in [9.17, 15) is 5.11 Å². The molecule has 100 valence electrons. The van der Waals surface area contributed by atoms with Gasteiger partial charge in [0, 0.05) is 17.5 Å². The summed E-state index contributed by atoms with van der Waals surface area (Å²) in [6.07, 6.45) is 5.33. The summed E-state index contributed by atoms with van der Waals surface area (Å²) in [5, 5.41) is 11.2. The highest BCUT2D eigenvalue weighted by Gasteiger charge is 2.29. The molecule has 3 atom stereocenters. The average Bonchev–Trinajstić information content (AvgIpc) is 2.77. The van der Waals surface area contributed by atoms with Gasteiger partial charge in [-0.05, 0) is 44.9 Å². The number of hydrogen-bond donors (Lipinski definition) is 1. The van der Waals surface area contributed by atoms with Crippen LogP contribution in [0.2, 0.25) is 0 Å². The Hall–Kier alpha value is -0.610. The van der Waals surface area contributed by atoms with Gasteiger partial charge in [0.05, 0.1) is 11.8 Å². The number of hydrogen-bond acceptors (Lipinski definition) is 4. The van der Waals surface area contributed by atoms with Gasteiger partial charge >= 0.3 is 0 Å². The molecule has 2 aliphatic rings. The lowest BCUT2D eigenvalue weighted by atomic mass is 9.96. The van der Waals surface area contributed by atoms with Gasteiger partial charge < -0.3 is 10.0 Å². The largest absolute Gasteiger partial charge is 0.387 e. The zero-order valence-corrected chi connectivity index (χ0v) is 12.0. The Labute approximate surface area is 113 Å². The first-order valence-corrected chi connectivity index (χ1v) is 7.91. The summed E-state index contributed by atoms with van der Waals surface area (Å²) in [6, 6.07) is 0.589. The van der Waals surface area contributed by atoms with E-state index in [0.717, 1.165) is 42.6 Å². The molecule has 3 rings (SSSR count). The summed E-state index contributed by atoms with van der Waals surface area (Å²) in [6.45, 7) is 5.73. The average molecular weight is 266 g/mol. The number of anilines is 1. The maximum atomic E-state index is 10.0. The molecule has 1 fully saturated rings. The van der Waals surface area contributed by atoms with Crippen molar-refractivity contribution in [3.05, 3.63) is 10.6 Å². The fourth-order valence-electron chi connectivity index (χ4n) is 3.06. The minimum absolute atomic E-state index is 0.323. The molecule has 0 saturated carbocycles. The SMILES string of the molecule is CC1CCC(C)N(c2nc3c(s2)CCCC3O)C1. The highest BCUT2D eigenvalue weighted by molar-refractivity contribution is 7.15. The number of aryl methyl sites for hydroxylation is 1. The lowest BCUT2D eigenvalue weighted by molar-refractivity contribution is 0.153. The molecular weight excluding hydrogens is 244 g/mol. The van der Waals surface area contributed by atoms with Crippen LogP contribution < -0.4 is 4.90 Å². The highest BCUT2D eigenvalue weighted by Crippen LogP contribution is 2.38. The van der Waals surface area contributed by atoms with Crippen molar-refractivity contribution < 1.29 is 5.11 Å². The third-order valence-electron chi connectivity index (χ3n) is 4.28. The zero-order valence-electron chi connectivity index (χ0n) is 11.2. The number of fused-ring (bicyclic) bond motifs is 1. The van der Waals surface area contributed by atoms with Gasteiger partial charge in [0.2, 0.25) is 0 Å². The first-order chi connectivity index (χ1) is 8.65. The number of aliphatic hydroxyl groups is 1. The Morgan fingerprint density at radius 1 is 1.28 bits per heavy atom. The van der Waals surface area contributed by atoms with Crippen molar-refractivity contribution in [3.8, 4) is 0 Å². The number of aromatic nitrogens is 1. The predicted octanol–water partition coefficient (Wildman–Crippen LogP) is 3.14. The standard InChI is InChI=1S/C14H22N2OS/c1-9-6-7-10(2)16(8-9)14-15-13-11(17)4-3-5-12(13)18-14/h9-11,17H,3-8H2,1-2H3. The van der Waals surface area contributed by atoms with Gasteiger partial charge in [-0.2, -0.15) is 0 Å². The zero-order chi connectivity index (χ0) is 12.7. The van der Waals surface area contributed by atoms with Crippen molar-refractivity contribution in [3.63, 3.8) is 0 Å². The number of rotatable bonds is 1. The van der Waals surface area contributed by atoms with Crippen molar-refractivity contribution in [1.29, 1.82) is 0 Å². The third-order valence-corrected chi connectivity index (χ3v) is 5.44. The van der Waals surface area contributed by atoms with E-state index in [1.54, 1.807) is 11.3 Å². The molecule has 18 heavy (non-hydrogen) atoms. The van der Waals surface area contributed by atoms with Gasteiger partial charge in [0.1, 0.15) is 0 Å². The molecule has 0 aromatic carbocycles. The summed E-state index contributed by atoms with van der Waals surface area (Å²) in [5.74, 6) is 0.757. The molecule has 0 amide bonds. The van der Waals surface area contributed by atoms with E-state index in [2.05, 4.69) is 18.7 Å². The fourth-order valence-corrected chi connectivity index (χ4v) is 4.33. The van der Waals surface area contributed by atoms with Crippen molar-refractivity contribution >= 4 is 16.5 Å². The van der Waals surface area contributed by atoms with Crippen LogP contribution in [-0.2, 0) is 6.42 Å². The Morgan fingerprint density at radius 2 is 2.11 bits per heavy atom. The van der Waals surface area contributed by atoms with Crippen LogP contribution in [0.25, 0.3) is 0 Å². The quantitative estimate of drug-likeness (QED) is 0.848. The number of piperidine rings is 1. The van der Waals surface area contributed by atoms with E-state index in [0.29, 0.717) is 6.04 Å². The predicted molar refractivity (Wildman–Crippen MR) is 75.2 cm³/mol. The summed E-state index contributed by atoms with van der Waals surface area (Å²) in [5.41, 5.74) is 0.965. The molecule has 2 heterocycles. The third kappa shape index (κ3) is 2.16. The second kappa shape index (κ2) is 4.82. The summed E-state index contributed by atoms with van der Waals surface area (Å²) in [7, 11) is 0. The Kier molecular flexibility index (Phi) is 3.32. The second-order valence-corrected chi connectivity index (χ2v) is 6.96. The van der Waals surface area contributed by atoms with Crippen LogP contribution in [0.3, 0.4) is 0 Å². The lowest BCUT2D eigenvalue weighted by Crippen LogP contribution is -2.41. The summed E-state index contributed by atoms with van der Waals surface area (Å²) >= 11 is 1.81. The monoisotopic (exact) mass is 266 g/mol. The van der Waals surface area contributed by atoms with Crippen LogP contribution in [0.5, 0.6) is 0 Å². The lowest BCUT2D eigenvalue weighted by Gasteiger charge is -2.36. The van der Waals surface area contributed by atoms with Crippen LogP contribution in [-0.4, -0.2) is 22.7 Å². The number of aliphatic hydroxyl groups excluding tert-OH is 1. The fraction of sp³-hybridized carbons (Fsp3) is 0.786. The second-order valence-electron chi connectivity index (χ2n) is 5.90. The van der Waals surface area contributed by atoms with E-state index in [-0.39, 0.29) is 6.10 Å². The first-order valence-electron chi connectivity index (χ1n) is 7.09. The van der Waals surface area contributed by atoms with Gasteiger partial charge in [-0.25, -0.2) is 4.98 Å². The molecule has 3 nitrogen and oxygen atoms in total. The molecule has 0 spiro atoms. The van der Waals surface area contributed by atoms with Crippen molar-refractivity contribution in [1.82, 2.24) is 4.98 Å². The van der Waals surface area contributed by atoms with Gasteiger partial charge in [0.15, 0.2) is 5.13 Å². The molecule has 4 heteroatoms. The highest BCUT2D eigenvalue weighted by atomic mass is 32.1. The molecular formula is C14H22N2OS. The topological polar surface area (TPSA) is 36.4 Å². The minimum atomic E-state index is -0.323. The Balaban J connectivity index is 1.87. The molecule has 1 aliphatic heterocycles. The maximum Gasteiger partial charge on any atom is 0.186 e. The van der Waals surface area contributed by atoms with Crippen molar-refractivity contribution in [2.24, 2.45) is 5.92 Å². The van der Waals surface area contributed by atoms with E-state index in [1.807, 2.05) is 0 Å². The van der Waals surface area contributed by atoms with Crippen LogP contribution >= 0.6 is 11.3 Å². The van der Waals surface area contributed by atoms with E-state index in [1.165, 1.54) is 17.7 Å². The maximum absolute atomic E-state index is 10.0. The van der Waals surface area contributed by atoms with Crippen LogP contribution in [0.4, 0.5) is 5.13 Å². The van der Waals surface area contributed by atoms with Gasteiger partial charge in [-0.3, -0.25) is 0 Å². The number of nitrogens with zero attached hydrogens (tertiary/aromatic N) is 2. The van der Waals surface area contributed by atoms with Gasteiger partial charge in [-0.1, -0.05) is 6.92 Å². The van der Waals surface area contributed by atoms with Crippen LogP contribution in [0, 0.1) is 5.92 Å². The van der Waals surface area contributed by atoms with E-state index < -0.39 is 0 Å². The van der Waals surface area contributed by atoms with E-state index in [4.69, 9.17) is 4.98 Å². The first kappa shape index (κ1) is 12.4. The molecule has 1 aromatic rings.